The molecular formula is C14H18ClN3. The molecule has 0 aliphatic rings. The van der Waals surface area contributed by atoms with Gasteiger partial charge in [0, 0.05) is 18.0 Å². The molecule has 0 bridgehead atoms. The molecule has 1 aromatic heterocycles. The molecule has 1 heterocycles. The molecule has 0 saturated carbocycles. The van der Waals surface area contributed by atoms with Crippen molar-refractivity contribution in [3.8, 4) is 0 Å². The zero-order chi connectivity index (χ0) is 13.3. The molecule has 4 heteroatoms. The summed E-state index contributed by atoms with van der Waals surface area (Å²) < 4.78 is 0. The first kappa shape index (κ1) is 13.1. The highest BCUT2D eigenvalue weighted by molar-refractivity contribution is 6.28. The molecule has 0 fully saturated rings. The van der Waals surface area contributed by atoms with Gasteiger partial charge in [0.15, 0.2) is 0 Å². The van der Waals surface area contributed by atoms with E-state index in [1.807, 2.05) is 24.3 Å². The van der Waals surface area contributed by atoms with Gasteiger partial charge in [-0.1, -0.05) is 19.1 Å². The van der Waals surface area contributed by atoms with Gasteiger partial charge in [0.1, 0.15) is 5.82 Å². The molecule has 0 N–H and O–H groups in total. The van der Waals surface area contributed by atoms with Gasteiger partial charge in [0.25, 0.3) is 0 Å². The van der Waals surface area contributed by atoms with E-state index in [1.54, 1.807) is 0 Å². The Bertz CT molecular complexity index is 566. The highest BCUT2D eigenvalue weighted by atomic mass is 35.5. The quantitative estimate of drug-likeness (QED) is 0.787. The van der Waals surface area contributed by atoms with E-state index in [4.69, 9.17) is 11.6 Å². The molecule has 0 unspecified atom stereocenters. The normalized spacial score (nSPS) is 11.8. The number of benzene rings is 1. The van der Waals surface area contributed by atoms with Crippen LogP contribution in [0.1, 0.15) is 27.2 Å². The largest absolute Gasteiger partial charge is 0.354 e. The van der Waals surface area contributed by atoms with Crippen LogP contribution in [0.3, 0.4) is 0 Å². The fraction of sp³-hybridized carbons (Fsp3) is 0.429. The van der Waals surface area contributed by atoms with Crippen LogP contribution in [-0.4, -0.2) is 22.6 Å². The number of fused-ring (bicyclic) bond motifs is 1. The molecule has 0 spiro atoms. The van der Waals surface area contributed by atoms with Crippen molar-refractivity contribution >= 4 is 28.3 Å². The number of hydrogen-bond acceptors (Lipinski definition) is 3. The van der Waals surface area contributed by atoms with Crippen molar-refractivity contribution in [3.05, 3.63) is 29.5 Å². The van der Waals surface area contributed by atoms with E-state index in [2.05, 4.69) is 42.7 Å². The van der Waals surface area contributed by atoms with Gasteiger partial charge >= 0.3 is 0 Å². The van der Waals surface area contributed by atoms with Crippen LogP contribution >= 0.6 is 11.6 Å². The maximum atomic E-state index is 6.01. The Morgan fingerprint density at radius 2 is 1.89 bits per heavy atom. The molecule has 3 nitrogen and oxygen atoms in total. The van der Waals surface area contributed by atoms with E-state index in [9.17, 15) is 0 Å². The van der Waals surface area contributed by atoms with Crippen LogP contribution in [-0.2, 0) is 0 Å². The zero-order valence-electron chi connectivity index (χ0n) is 11.2. The predicted molar refractivity (Wildman–Crippen MR) is 77.3 cm³/mol. The zero-order valence-corrected chi connectivity index (χ0v) is 12.0. The Kier molecular flexibility index (Phi) is 3.44. The Morgan fingerprint density at radius 3 is 2.56 bits per heavy atom. The number of aromatic nitrogens is 2. The number of para-hydroxylation sites is 1. The van der Waals surface area contributed by atoms with E-state index >= 15 is 0 Å². The molecule has 1 aromatic carbocycles. The van der Waals surface area contributed by atoms with E-state index in [0.717, 1.165) is 23.1 Å². The second-order valence-corrected chi connectivity index (χ2v) is 5.40. The molecule has 0 atom stereocenters. The number of hydrogen-bond donors (Lipinski definition) is 0. The highest BCUT2D eigenvalue weighted by Crippen LogP contribution is 2.30. The molecule has 0 radical (unpaired) electrons. The highest BCUT2D eigenvalue weighted by Gasteiger charge is 2.24. The topological polar surface area (TPSA) is 29.0 Å². The van der Waals surface area contributed by atoms with Gasteiger partial charge in [-0.15, -0.1) is 0 Å². The maximum absolute atomic E-state index is 6.01. The van der Waals surface area contributed by atoms with Gasteiger partial charge < -0.3 is 4.90 Å². The number of nitrogens with zero attached hydrogens (tertiary/aromatic N) is 3. The first-order valence-electron chi connectivity index (χ1n) is 6.12. The van der Waals surface area contributed by atoms with Crippen LogP contribution in [0.15, 0.2) is 24.3 Å². The van der Waals surface area contributed by atoms with E-state index in [-0.39, 0.29) is 5.54 Å². The summed E-state index contributed by atoms with van der Waals surface area (Å²) in [7, 11) is 2.05. The molecular weight excluding hydrogens is 246 g/mol. The molecule has 0 aliphatic carbocycles. The summed E-state index contributed by atoms with van der Waals surface area (Å²) in [5.41, 5.74) is 0.909. The summed E-state index contributed by atoms with van der Waals surface area (Å²) in [5.74, 6) is 0.887. The average molecular weight is 264 g/mol. The van der Waals surface area contributed by atoms with Crippen LogP contribution < -0.4 is 4.90 Å². The van der Waals surface area contributed by atoms with Gasteiger partial charge in [-0.25, -0.2) is 4.98 Å². The summed E-state index contributed by atoms with van der Waals surface area (Å²) in [4.78, 5) is 10.8. The molecule has 0 saturated heterocycles. The number of anilines is 1. The Morgan fingerprint density at radius 1 is 1.22 bits per heavy atom. The van der Waals surface area contributed by atoms with E-state index in [1.165, 1.54) is 0 Å². The second kappa shape index (κ2) is 4.73. The number of halogens is 1. The van der Waals surface area contributed by atoms with Gasteiger partial charge in [-0.3, -0.25) is 0 Å². The van der Waals surface area contributed by atoms with Crippen LogP contribution in [0.2, 0.25) is 5.28 Å². The Hall–Kier alpha value is -1.35. The molecule has 2 aromatic rings. The van der Waals surface area contributed by atoms with Crippen molar-refractivity contribution in [1.82, 2.24) is 9.97 Å². The minimum atomic E-state index is 0.0282. The summed E-state index contributed by atoms with van der Waals surface area (Å²) >= 11 is 6.01. The molecule has 0 amide bonds. The lowest BCUT2D eigenvalue weighted by atomic mass is 9.99. The van der Waals surface area contributed by atoms with Crippen LogP contribution in [0.4, 0.5) is 5.82 Å². The maximum Gasteiger partial charge on any atom is 0.224 e. The third-order valence-electron chi connectivity index (χ3n) is 3.65. The van der Waals surface area contributed by atoms with Crippen molar-refractivity contribution in [2.24, 2.45) is 0 Å². The average Bonchev–Trinajstić information content (AvgIpc) is 2.36. The second-order valence-electron chi connectivity index (χ2n) is 5.06. The Balaban J connectivity index is 2.63. The molecule has 2 rings (SSSR count). The first-order chi connectivity index (χ1) is 8.45. The Labute approximate surface area is 113 Å². The van der Waals surface area contributed by atoms with Crippen molar-refractivity contribution in [2.45, 2.75) is 32.7 Å². The summed E-state index contributed by atoms with van der Waals surface area (Å²) in [6, 6.07) is 7.94. The lowest BCUT2D eigenvalue weighted by Gasteiger charge is -2.36. The molecule has 0 aliphatic heterocycles. The lowest BCUT2D eigenvalue weighted by Crippen LogP contribution is -2.41. The van der Waals surface area contributed by atoms with E-state index < -0.39 is 0 Å². The van der Waals surface area contributed by atoms with E-state index in [0.29, 0.717) is 5.28 Å². The van der Waals surface area contributed by atoms with Crippen molar-refractivity contribution in [3.63, 3.8) is 0 Å². The van der Waals surface area contributed by atoms with Crippen LogP contribution in [0.25, 0.3) is 10.9 Å². The van der Waals surface area contributed by atoms with Gasteiger partial charge in [-0.2, -0.15) is 4.98 Å². The SMILES string of the molecule is CCC(C)(C)N(C)c1nc(Cl)nc2ccccc12. The van der Waals surface area contributed by atoms with Gasteiger partial charge in [-0.05, 0) is 44.0 Å². The summed E-state index contributed by atoms with van der Waals surface area (Å²) in [5, 5.41) is 1.33. The third kappa shape index (κ3) is 2.27. The monoisotopic (exact) mass is 263 g/mol. The van der Waals surface area contributed by atoms with Gasteiger partial charge in [0.2, 0.25) is 5.28 Å². The molecule has 18 heavy (non-hydrogen) atoms. The minimum Gasteiger partial charge on any atom is -0.354 e. The standard InChI is InChI=1S/C14H18ClN3/c1-5-14(2,3)18(4)12-10-8-6-7-9-11(10)16-13(15)17-12/h6-9H,5H2,1-4H3. The van der Waals surface area contributed by atoms with Crippen molar-refractivity contribution in [2.75, 3.05) is 11.9 Å². The van der Waals surface area contributed by atoms with Crippen molar-refractivity contribution in [1.29, 1.82) is 0 Å². The first-order valence-corrected chi connectivity index (χ1v) is 6.49. The molecule has 96 valence electrons. The third-order valence-corrected chi connectivity index (χ3v) is 3.82. The van der Waals surface area contributed by atoms with Gasteiger partial charge in [0.05, 0.1) is 5.52 Å². The predicted octanol–water partition coefficient (Wildman–Crippen LogP) is 3.91. The fourth-order valence-corrected chi connectivity index (χ4v) is 1.98. The number of rotatable bonds is 3. The summed E-state index contributed by atoms with van der Waals surface area (Å²) in [6.45, 7) is 6.55. The minimum absolute atomic E-state index is 0.0282. The fourth-order valence-electron chi connectivity index (χ4n) is 1.81. The summed E-state index contributed by atoms with van der Waals surface area (Å²) in [6.07, 6.45) is 1.03. The van der Waals surface area contributed by atoms with Crippen molar-refractivity contribution < 1.29 is 0 Å². The smallest absolute Gasteiger partial charge is 0.224 e. The lowest BCUT2D eigenvalue weighted by molar-refractivity contribution is 0.468. The van der Waals surface area contributed by atoms with Crippen LogP contribution in [0.5, 0.6) is 0 Å². The van der Waals surface area contributed by atoms with Crippen LogP contribution in [0, 0.1) is 0 Å².